The van der Waals surface area contributed by atoms with Crippen LogP contribution >= 0.6 is 11.8 Å². The van der Waals surface area contributed by atoms with Gasteiger partial charge in [0.15, 0.2) is 0 Å². The number of nitrogens with zero attached hydrogens (tertiary/aromatic N) is 3. The first-order valence-electron chi connectivity index (χ1n) is 7.33. The first-order chi connectivity index (χ1) is 11.2. The molecule has 0 aliphatic carbocycles. The normalized spacial score (nSPS) is 10.9. The molecule has 2 heterocycles. The molecule has 3 rings (SSSR count). The highest BCUT2D eigenvalue weighted by atomic mass is 32.2. The van der Waals surface area contributed by atoms with Crippen LogP contribution in [0.15, 0.2) is 42.6 Å². The zero-order valence-corrected chi connectivity index (χ0v) is 13.9. The van der Waals surface area contributed by atoms with Crippen molar-refractivity contribution in [1.29, 1.82) is 0 Å². The van der Waals surface area contributed by atoms with Crippen molar-refractivity contribution in [2.75, 3.05) is 11.6 Å². The summed E-state index contributed by atoms with van der Waals surface area (Å²) in [7, 11) is 0. The number of aromatic nitrogens is 3. The number of nitrogens with one attached hydrogen (secondary N) is 1. The molecule has 3 aromatic rings. The molecule has 0 radical (unpaired) electrons. The maximum atomic E-state index is 12.4. The van der Waals surface area contributed by atoms with Crippen LogP contribution in [0.2, 0.25) is 0 Å². The molecule has 5 nitrogen and oxygen atoms in total. The van der Waals surface area contributed by atoms with E-state index in [1.807, 2.05) is 54.1 Å². The van der Waals surface area contributed by atoms with Gasteiger partial charge in [0, 0.05) is 6.20 Å². The molecule has 0 spiro atoms. The molecular formula is C17H18N4OS. The lowest BCUT2D eigenvalue weighted by Crippen LogP contribution is -2.20. The van der Waals surface area contributed by atoms with Crippen LogP contribution in [0.1, 0.15) is 11.4 Å². The van der Waals surface area contributed by atoms with Gasteiger partial charge in [0.25, 0.3) is 0 Å². The fraction of sp³-hybridized carbons (Fsp3) is 0.235. The quantitative estimate of drug-likeness (QED) is 0.782. The topological polar surface area (TPSA) is 59.8 Å². The number of imidazole rings is 1. The third-order valence-corrected chi connectivity index (χ3v) is 4.03. The Morgan fingerprint density at radius 2 is 2.09 bits per heavy atom. The van der Waals surface area contributed by atoms with Crippen LogP contribution in [0.4, 0.5) is 5.82 Å². The second-order valence-electron chi connectivity index (χ2n) is 5.30. The van der Waals surface area contributed by atoms with Crippen LogP contribution in [0.3, 0.4) is 0 Å². The number of fused-ring (bicyclic) bond motifs is 1. The number of hydrogen-bond acceptors (Lipinski definition) is 4. The summed E-state index contributed by atoms with van der Waals surface area (Å²) in [6, 6.07) is 11.6. The molecule has 0 saturated carbocycles. The molecule has 0 aliphatic heterocycles. The van der Waals surface area contributed by atoms with E-state index >= 15 is 0 Å². The van der Waals surface area contributed by atoms with Gasteiger partial charge in [0.1, 0.15) is 18.2 Å². The number of benzene rings is 1. The molecule has 6 heteroatoms. The minimum Gasteiger partial charge on any atom is -0.318 e. The molecule has 0 bridgehead atoms. The van der Waals surface area contributed by atoms with E-state index in [9.17, 15) is 4.79 Å². The van der Waals surface area contributed by atoms with Gasteiger partial charge in [-0.2, -0.15) is 11.8 Å². The lowest BCUT2D eigenvalue weighted by Gasteiger charge is -2.09. The fourth-order valence-corrected chi connectivity index (χ4v) is 2.89. The van der Waals surface area contributed by atoms with Crippen LogP contribution < -0.4 is 5.32 Å². The highest BCUT2D eigenvalue weighted by molar-refractivity contribution is 7.97. The predicted molar refractivity (Wildman–Crippen MR) is 94.6 cm³/mol. The lowest BCUT2D eigenvalue weighted by molar-refractivity contribution is -0.116. The summed E-state index contributed by atoms with van der Waals surface area (Å²) in [6.07, 6.45) is 3.77. The number of rotatable bonds is 5. The van der Waals surface area contributed by atoms with Gasteiger partial charge in [-0.1, -0.05) is 18.2 Å². The number of hydrogen-bond donors (Lipinski definition) is 1. The number of anilines is 1. The van der Waals surface area contributed by atoms with Crippen LogP contribution in [-0.2, 0) is 17.1 Å². The van der Waals surface area contributed by atoms with Crippen molar-refractivity contribution in [1.82, 2.24) is 14.5 Å². The summed E-state index contributed by atoms with van der Waals surface area (Å²) in [5.41, 5.74) is 2.95. The predicted octanol–water partition coefficient (Wildman–Crippen LogP) is 3.24. The van der Waals surface area contributed by atoms with Gasteiger partial charge in [-0.3, -0.25) is 4.79 Å². The fourth-order valence-electron chi connectivity index (χ4n) is 2.41. The van der Waals surface area contributed by atoms with Crippen LogP contribution in [-0.4, -0.2) is 26.7 Å². The SMILES string of the molecule is CSCc1nc2ccccc2n1CC(=O)Nc1ccc(C)cn1. The Kier molecular flexibility index (Phi) is 4.62. The Hall–Kier alpha value is -2.34. The van der Waals surface area contributed by atoms with Crippen molar-refractivity contribution in [3.63, 3.8) is 0 Å². The number of carbonyl (C=O) groups excluding carboxylic acids is 1. The van der Waals surface area contributed by atoms with Crippen molar-refractivity contribution in [3.8, 4) is 0 Å². The highest BCUT2D eigenvalue weighted by Gasteiger charge is 2.13. The van der Waals surface area contributed by atoms with Crippen LogP contribution in [0.5, 0.6) is 0 Å². The first kappa shape index (κ1) is 15.6. The molecule has 0 fully saturated rings. The van der Waals surface area contributed by atoms with E-state index in [0.717, 1.165) is 28.2 Å². The Morgan fingerprint density at radius 1 is 1.26 bits per heavy atom. The molecule has 0 saturated heterocycles. The van der Waals surface area contributed by atoms with E-state index in [-0.39, 0.29) is 12.5 Å². The average Bonchev–Trinajstić information content (AvgIpc) is 2.88. The zero-order chi connectivity index (χ0) is 16.2. The third kappa shape index (κ3) is 3.53. The Morgan fingerprint density at radius 3 is 2.83 bits per heavy atom. The number of para-hydroxylation sites is 2. The van der Waals surface area contributed by atoms with Crippen LogP contribution in [0, 0.1) is 6.92 Å². The standard InChI is InChI=1S/C17H18N4OS/c1-12-7-8-15(18-9-12)20-17(22)10-21-14-6-4-3-5-13(14)19-16(21)11-23-2/h3-9H,10-11H2,1-2H3,(H,18,20,22). The molecule has 1 amide bonds. The third-order valence-electron chi connectivity index (χ3n) is 3.49. The molecule has 0 atom stereocenters. The summed E-state index contributed by atoms with van der Waals surface area (Å²) in [4.78, 5) is 21.2. The number of carbonyl (C=O) groups is 1. The average molecular weight is 326 g/mol. The highest BCUT2D eigenvalue weighted by Crippen LogP contribution is 2.19. The minimum atomic E-state index is -0.105. The minimum absolute atomic E-state index is 0.105. The van der Waals surface area contributed by atoms with Crippen molar-refractivity contribution in [2.45, 2.75) is 19.2 Å². The number of thioether (sulfide) groups is 1. The van der Waals surface area contributed by atoms with Gasteiger partial charge in [-0.05, 0) is 36.9 Å². The molecular weight excluding hydrogens is 308 g/mol. The van der Waals surface area contributed by atoms with Crippen molar-refractivity contribution in [3.05, 3.63) is 54.0 Å². The molecule has 1 aromatic carbocycles. The first-order valence-corrected chi connectivity index (χ1v) is 8.72. The second-order valence-corrected chi connectivity index (χ2v) is 6.17. The molecule has 0 unspecified atom stereocenters. The Balaban J connectivity index is 1.83. The molecule has 2 aromatic heterocycles. The Labute approximate surface area is 139 Å². The van der Waals surface area contributed by atoms with Gasteiger partial charge in [0.05, 0.1) is 16.8 Å². The monoisotopic (exact) mass is 326 g/mol. The van der Waals surface area contributed by atoms with E-state index in [1.165, 1.54) is 0 Å². The van der Waals surface area contributed by atoms with Crippen molar-refractivity contribution in [2.24, 2.45) is 0 Å². The Bertz CT molecular complexity index is 826. The summed E-state index contributed by atoms with van der Waals surface area (Å²) >= 11 is 1.69. The molecule has 1 N–H and O–H groups in total. The molecule has 118 valence electrons. The number of aryl methyl sites for hydroxylation is 1. The summed E-state index contributed by atoms with van der Waals surface area (Å²) < 4.78 is 1.97. The van der Waals surface area contributed by atoms with E-state index in [2.05, 4.69) is 15.3 Å². The van der Waals surface area contributed by atoms with Gasteiger partial charge in [-0.15, -0.1) is 0 Å². The smallest absolute Gasteiger partial charge is 0.245 e. The van der Waals surface area contributed by atoms with Gasteiger partial charge in [-0.25, -0.2) is 9.97 Å². The molecule has 0 aliphatic rings. The van der Waals surface area contributed by atoms with E-state index in [4.69, 9.17) is 0 Å². The van der Waals surface area contributed by atoms with Gasteiger partial charge >= 0.3 is 0 Å². The molecule has 23 heavy (non-hydrogen) atoms. The summed E-state index contributed by atoms with van der Waals surface area (Å²) in [6.45, 7) is 2.19. The summed E-state index contributed by atoms with van der Waals surface area (Å²) in [5.74, 6) is 2.14. The largest absolute Gasteiger partial charge is 0.318 e. The van der Waals surface area contributed by atoms with E-state index < -0.39 is 0 Å². The maximum Gasteiger partial charge on any atom is 0.245 e. The maximum absolute atomic E-state index is 12.4. The van der Waals surface area contributed by atoms with Gasteiger partial charge in [0.2, 0.25) is 5.91 Å². The van der Waals surface area contributed by atoms with Gasteiger partial charge < -0.3 is 9.88 Å². The van der Waals surface area contributed by atoms with Crippen molar-refractivity contribution < 1.29 is 4.79 Å². The van der Waals surface area contributed by atoms with Crippen LogP contribution in [0.25, 0.3) is 11.0 Å². The lowest BCUT2D eigenvalue weighted by atomic mass is 10.3. The number of pyridine rings is 1. The van der Waals surface area contributed by atoms with Crippen molar-refractivity contribution >= 4 is 34.5 Å². The van der Waals surface area contributed by atoms with E-state index in [0.29, 0.717) is 5.82 Å². The second kappa shape index (κ2) is 6.83. The summed E-state index contributed by atoms with van der Waals surface area (Å²) in [5, 5.41) is 2.84. The van der Waals surface area contributed by atoms with E-state index in [1.54, 1.807) is 18.0 Å². The zero-order valence-electron chi connectivity index (χ0n) is 13.1. The number of amides is 1.